The van der Waals surface area contributed by atoms with Gasteiger partial charge in [0.2, 0.25) is 0 Å². The minimum absolute atomic E-state index is 0.651. The first-order chi connectivity index (χ1) is 8.63. The van der Waals surface area contributed by atoms with Crippen molar-refractivity contribution in [3.05, 3.63) is 0 Å². The van der Waals surface area contributed by atoms with Crippen molar-refractivity contribution >= 4 is 0 Å². The van der Waals surface area contributed by atoms with Gasteiger partial charge in [-0.3, -0.25) is 4.90 Å². The van der Waals surface area contributed by atoms with E-state index in [1.165, 1.54) is 19.4 Å². The Morgan fingerprint density at radius 2 is 2.11 bits per heavy atom. The van der Waals surface area contributed by atoms with Crippen LogP contribution in [0, 0.1) is 11.8 Å². The Labute approximate surface area is 112 Å². The summed E-state index contributed by atoms with van der Waals surface area (Å²) in [7, 11) is 0. The van der Waals surface area contributed by atoms with Gasteiger partial charge in [-0.1, -0.05) is 20.8 Å². The van der Waals surface area contributed by atoms with Gasteiger partial charge in [0.15, 0.2) is 0 Å². The Balaban J connectivity index is 2.00. The summed E-state index contributed by atoms with van der Waals surface area (Å²) in [6.07, 6.45) is 2.49. The average molecular weight is 254 g/mol. The second-order valence-corrected chi connectivity index (χ2v) is 6.38. The van der Waals surface area contributed by atoms with Gasteiger partial charge in [0, 0.05) is 37.8 Å². The number of nitrogens with one attached hydrogen (secondary N) is 1. The minimum atomic E-state index is 0.651. The molecule has 2 aliphatic heterocycles. The second kappa shape index (κ2) is 6.36. The smallest absolute Gasteiger partial charge is 0.0509 e. The lowest BCUT2D eigenvalue weighted by Gasteiger charge is -2.46. The fraction of sp³-hybridized carbons (Fsp3) is 1.00. The third-order valence-electron chi connectivity index (χ3n) is 4.94. The number of nitrogens with zero attached hydrogens (tertiary/aromatic N) is 1. The molecule has 2 fully saturated rings. The van der Waals surface area contributed by atoms with Crippen molar-refractivity contribution < 1.29 is 4.74 Å². The SMILES string of the molecule is CCC1CNC(C(C)C)CN1C(C)C1CCOC1. The third kappa shape index (κ3) is 3.06. The van der Waals surface area contributed by atoms with E-state index in [0.29, 0.717) is 18.1 Å². The Hall–Kier alpha value is -0.120. The fourth-order valence-corrected chi connectivity index (χ4v) is 3.37. The number of hydrogen-bond acceptors (Lipinski definition) is 3. The molecule has 0 aromatic rings. The van der Waals surface area contributed by atoms with Gasteiger partial charge in [-0.05, 0) is 31.6 Å². The van der Waals surface area contributed by atoms with Crippen LogP contribution in [0.5, 0.6) is 0 Å². The van der Waals surface area contributed by atoms with Crippen LogP contribution in [0.2, 0.25) is 0 Å². The van der Waals surface area contributed by atoms with Gasteiger partial charge in [0.05, 0.1) is 6.61 Å². The summed E-state index contributed by atoms with van der Waals surface area (Å²) in [6.45, 7) is 13.7. The van der Waals surface area contributed by atoms with Gasteiger partial charge in [-0.15, -0.1) is 0 Å². The molecule has 3 heteroatoms. The molecule has 0 aromatic heterocycles. The molecule has 0 aromatic carbocycles. The molecule has 0 saturated carbocycles. The van der Waals surface area contributed by atoms with E-state index in [9.17, 15) is 0 Å². The lowest BCUT2D eigenvalue weighted by atomic mass is 9.92. The van der Waals surface area contributed by atoms with Crippen LogP contribution in [0.3, 0.4) is 0 Å². The minimum Gasteiger partial charge on any atom is -0.381 e. The van der Waals surface area contributed by atoms with E-state index in [-0.39, 0.29) is 0 Å². The molecule has 2 rings (SSSR count). The van der Waals surface area contributed by atoms with Gasteiger partial charge in [-0.2, -0.15) is 0 Å². The highest BCUT2D eigenvalue weighted by Crippen LogP contribution is 2.26. The first-order valence-electron chi connectivity index (χ1n) is 7.70. The third-order valence-corrected chi connectivity index (χ3v) is 4.94. The van der Waals surface area contributed by atoms with Crippen LogP contribution in [0.15, 0.2) is 0 Å². The highest BCUT2D eigenvalue weighted by Gasteiger charge is 2.35. The summed E-state index contributed by atoms with van der Waals surface area (Å²) in [5.74, 6) is 1.46. The maximum absolute atomic E-state index is 5.57. The van der Waals surface area contributed by atoms with Gasteiger partial charge in [0.25, 0.3) is 0 Å². The van der Waals surface area contributed by atoms with E-state index < -0.39 is 0 Å². The molecule has 2 heterocycles. The monoisotopic (exact) mass is 254 g/mol. The van der Waals surface area contributed by atoms with Crippen LogP contribution in [0.4, 0.5) is 0 Å². The van der Waals surface area contributed by atoms with Crippen LogP contribution in [-0.2, 0) is 4.74 Å². The zero-order valence-electron chi connectivity index (χ0n) is 12.5. The number of ether oxygens (including phenoxy) is 1. The van der Waals surface area contributed by atoms with E-state index in [1.54, 1.807) is 0 Å². The van der Waals surface area contributed by atoms with Crippen LogP contribution in [0.1, 0.15) is 40.5 Å². The van der Waals surface area contributed by atoms with Crippen LogP contribution in [-0.4, -0.2) is 49.3 Å². The van der Waals surface area contributed by atoms with Gasteiger partial charge in [0.1, 0.15) is 0 Å². The normalized spacial score (nSPS) is 36.2. The largest absolute Gasteiger partial charge is 0.381 e. The van der Waals surface area contributed by atoms with Crippen LogP contribution in [0.25, 0.3) is 0 Å². The highest BCUT2D eigenvalue weighted by molar-refractivity contribution is 4.91. The lowest BCUT2D eigenvalue weighted by Crippen LogP contribution is -2.61. The first-order valence-corrected chi connectivity index (χ1v) is 7.70. The molecule has 2 aliphatic rings. The maximum atomic E-state index is 5.57. The predicted molar refractivity (Wildman–Crippen MR) is 75.8 cm³/mol. The maximum Gasteiger partial charge on any atom is 0.0509 e. The van der Waals surface area contributed by atoms with Crippen molar-refractivity contribution in [2.24, 2.45) is 11.8 Å². The van der Waals surface area contributed by atoms with Crippen molar-refractivity contribution in [2.45, 2.75) is 58.7 Å². The zero-order valence-corrected chi connectivity index (χ0v) is 12.5. The molecule has 0 radical (unpaired) electrons. The van der Waals surface area contributed by atoms with E-state index >= 15 is 0 Å². The van der Waals surface area contributed by atoms with Crippen molar-refractivity contribution in [3.8, 4) is 0 Å². The second-order valence-electron chi connectivity index (χ2n) is 6.38. The first kappa shape index (κ1) is 14.3. The Bertz CT molecular complexity index is 251. The summed E-state index contributed by atoms with van der Waals surface area (Å²) in [6, 6.07) is 2.02. The summed E-state index contributed by atoms with van der Waals surface area (Å²) < 4.78 is 5.57. The average Bonchev–Trinajstić information content (AvgIpc) is 2.90. The molecule has 106 valence electrons. The van der Waals surface area contributed by atoms with Crippen molar-refractivity contribution in [1.29, 1.82) is 0 Å². The fourth-order valence-electron chi connectivity index (χ4n) is 3.37. The number of rotatable bonds is 4. The topological polar surface area (TPSA) is 24.5 Å². The molecule has 0 aliphatic carbocycles. The molecule has 4 atom stereocenters. The van der Waals surface area contributed by atoms with Crippen molar-refractivity contribution in [1.82, 2.24) is 10.2 Å². The van der Waals surface area contributed by atoms with Crippen molar-refractivity contribution in [2.75, 3.05) is 26.3 Å². The molecule has 0 bridgehead atoms. The highest BCUT2D eigenvalue weighted by atomic mass is 16.5. The summed E-state index contributed by atoms with van der Waals surface area (Å²) >= 11 is 0. The Kier molecular flexibility index (Phi) is 5.05. The Morgan fingerprint density at radius 1 is 1.33 bits per heavy atom. The molecule has 4 unspecified atom stereocenters. The molecule has 3 nitrogen and oxygen atoms in total. The molecular formula is C15H30N2O. The molecule has 1 N–H and O–H groups in total. The summed E-state index contributed by atoms with van der Waals surface area (Å²) in [5.41, 5.74) is 0. The molecule has 2 saturated heterocycles. The molecular weight excluding hydrogens is 224 g/mol. The van der Waals surface area contributed by atoms with E-state index in [4.69, 9.17) is 4.74 Å². The zero-order chi connectivity index (χ0) is 13.1. The van der Waals surface area contributed by atoms with Crippen molar-refractivity contribution in [3.63, 3.8) is 0 Å². The van der Waals surface area contributed by atoms with Gasteiger partial charge in [-0.25, -0.2) is 0 Å². The standard InChI is InChI=1S/C15H30N2O/c1-5-14-8-16-15(11(2)3)9-17(14)12(4)13-6-7-18-10-13/h11-16H,5-10H2,1-4H3. The lowest BCUT2D eigenvalue weighted by molar-refractivity contribution is 0.0437. The predicted octanol–water partition coefficient (Wildman–Crippen LogP) is 2.12. The molecule has 0 amide bonds. The van der Waals surface area contributed by atoms with Crippen LogP contribution < -0.4 is 5.32 Å². The number of hydrogen-bond donors (Lipinski definition) is 1. The van der Waals surface area contributed by atoms with Crippen LogP contribution >= 0.6 is 0 Å². The van der Waals surface area contributed by atoms with E-state index in [0.717, 1.165) is 31.6 Å². The summed E-state index contributed by atoms with van der Waals surface area (Å²) in [4.78, 5) is 2.75. The van der Waals surface area contributed by atoms with Gasteiger partial charge >= 0.3 is 0 Å². The summed E-state index contributed by atoms with van der Waals surface area (Å²) in [5, 5.41) is 3.72. The van der Waals surface area contributed by atoms with Gasteiger partial charge < -0.3 is 10.1 Å². The molecule has 18 heavy (non-hydrogen) atoms. The Morgan fingerprint density at radius 3 is 2.67 bits per heavy atom. The van der Waals surface area contributed by atoms with E-state index in [2.05, 4.69) is 37.9 Å². The number of piperazine rings is 1. The quantitative estimate of drug-likeness (QED) is 0.832. The van der Waals surface area contributed by atoms with E-state index in [1.807, 2.05) is 0 Å². The molecule has 0 spiro atoms.